The van der Waals surface area contributed by atoms with Gasteiger partial charge in [0.15, 0.2) is 0 Å². The van der Waals surface area contributed by atoms with Crippen molar-refractivity contribution in [3.8, 4) is 0 Å². The average Bonchev–Trinajstić information content (AvgIpc) is 2.89. The number of alkyl halides is 3. The highest BCUT2D eigenvalue weighted by Crippen LogP contribution is 2.40. The fourth-order valence-electron chi connectivity index (χ4n) is 5.64. The van der Waals surface area contributed by atoms with E-state index in [4.69, 9.17) is 4.74 Å². The van der Waals surface area contributed by atoms with E-state index in [0.29, 0.717) is 58.0 Å². The number of halogens is 4. The molecule has 6 nitrogen and oxygen atoms in total. The van der Waals surface area contributed by atoms with Gasteiger partial charge in [-0.25, -0.2) is 4.39 Å². The van der Waals surface area contributed by atoms with Crippen molar-refractivity contribution in [2.24, 2.45) is 5.92 Å². The Labute approximate surface area is 214 Å². The second-order valence-electron chi connectivity index (χ2n) is 10.0. The van der Waals surface area contributed by atoms with E-state index in [-0.39, 0.29) is 24.2 Å². The van der Waals surface area contributed by atoms with E-state index in [1.165, 1.54) is 18.2 Å². The molecule has 0 unspecified atom stereocenters. The second kappa shape index (κ2) is 11.0. The number of morpholine rings is 1. The Morgan fingerprint density at radius 1 is 1.00 bits per heavy atom. The van der Waals surface area contributed by atoms with Crippen molar-refractivity contribution in [2.75, 3.05) is 63.9 Å². The molecule has 10 heteroatoms. The summed E-state index contributed by atoms with van der Waals surface area (Å²) in [5.74, 6) is -0.892. The van der Waals surface area contributed by atoms with E-state index in [9.17, 15) is 22.4 Å². The van der Waals surface area contributed by atoms with Crippen LogP contribution in [0.15, 0.2) is 42.5 Å². The number of rotatable bonds is 6. The van der Waals surface area contributed by atoms with Crippen molar-refractivity contribution < 1.29 is 27.1 Å². The largest absolute Gasteiger partial charge is 0.416 e. The SMILES string of the molecule is O=C(NCCN1CCOCC1)[C@@H]1Cc2cc(C(F)(F)F)ccc2N2CCN(Cc3ccc(F)cc3)C[C@@H]12. The Kier molecular flexibility index (Phi) is 7.69. The van der Waals surface area contributed by atoms with E-state index in [1.807, 2.05) is 0 Å². The normalized spacial score (nSPS) is 22.9. The van der Waals surface area contributed by atoms with Crippen LogP contribution < -0.4 is 10.2 Å². The standard InChI is InChI=1S/C27H32F4N4O2/c28-22-4-1-19(2-5-22)17-34-9-10-35-24-6-3-21(27(29,30)31)15-20(24)16-23(25(35)18-34)26(36)32-7-8-33-11-13-37-14-12-33/h1-6,15,23,25H,7-14,16-18H2,(H,32,36)/t23-,25+/m1/s1. The molecule has 200 valence electrons. The molecular formula is C27H32F4N4O2. The summed E-state index contributed by atoms with van der Waals surface area (Å²) >= 11 is 0. The first-order valence-electron chi connectivity index (χ1n) is 12.8. The number of piperazine rings is 1. The van der Waals surface area contributed by atoms with Crippen LogP contribution in [-0.2, 0) is 28.7 Å². The van der Waals surface area contributed by atoms with Crippen LogP contribution in [0.2, 0.25) is 0 Å². The highest BCUT2D eigenvalue weighted by Gasteiger charge is 2.42. The van der Waals surface area contributed by atoms with E-state index in [0.717, 1.165) is 30.4 Å². The third kappa shape index (κ3) is 6.08. The van der Waals surface area contributed by atoms with Gasteiger partial charge in [-0.05, 0) is 47.9 Å². The Balaban J connectivity index is 1.33. The molecule has 3 aliphatic rings. The van der Waals surface area contributed by atoms with Gasteiger partial charge in [0.25, 0.3) is 0 Å². The first-order valence-corrected chi connectivity index (χ1v) is 12.8. The first kappa shape index (κ1) is 25.9. The fourth-order valence-corrected chi connectivity index (χ4v) is 5.64. The molecule has 0 bridgehead atoms. The minimum atomic E-state index is -4.43. The summed E-state index contributed by atoms with van der Waals surface area (Å²) in [7, 11) is 0. The number of ether oxygens (including phenoxy) is 1. The maximum Gasteiger partial charge on any atom is 0.416 e. The van der Waals surface area contributed by atoms with Crippen LogP contribution in [-0.4, -0.2) is 80.8 Å². The second-order valence-corrected chi connectivity index (χ2v) is 10.0. The van der Waals surface area contributed by atoms with Crippen LogP contribution in [0.5, 0.6) is 0 Å². The number of hydrogen-bond donors (Lipinski definition) is 1. The van der Waals surface area contributed by atoms with Gasteiger partial charge >= 0.3 is 6.18 Å². The highest BCUT2D eigenvalue weighted by atomic mass is 19.4. The van der Waals surface area contributed by atoms with Crippen molar-refractivity contribution in [3.63, 3.8) is 0 Å². The predicted octanol–water partition coefficient (Wildman–Crippen LogP) is 3.16. The maximum atomic E-state index is 13.4. The molecular weight excluding hydrogens is 488 g/mol. The highest BCUT2D eigenvalue weighted by molar-refractivity contribution is 5.82. The van der Waals surface area contributed by atoms with Gasteiger partial charge in [-0.15, -0.1) is 0 Å². The third-order valence-electron chi connectivity index (χ3n) is 7.61. The van der Waals surface area contributed by atoms with Crippen molar-refractivity contribution >= 4 is 11.6 Å². The Hall–Kier alpha value is -2.69. The summed E-state index contributed by atoms with van der Waals surface area (Å²) in [4.78, 5) is 20.0. The molecule has 0 spiro atoms. The lowest BCUT2D eigenvalue weighted by atomic mass is 9.82. The van der Waals surface area contributed by atoms with Crippen LogP contribution in [0.1, 0.15) is 16.7 Å². The quantitative estimate of drug-likeness (QED) is 0.594. The lowest BCUT2D eigenvalue weighted by Crippen LogP contribution is -2.61. The number of benzene rings is 2. The van der Waals surface area contributed by atoms with Crippen molar-refractivity contribution in [3.05, 3.63) is 65.0 Å². The Bertz CT molecular complexity index is 1090. The lowest BCUT2D eigenvalue weighted by Gasteiger charge is -2.49. The molecule has 2 aromatic carbocycles. The molecule has 1 N–H and O–H groups in total. The topological polar surface area (TPSA) is 48.1 Å². The van der Waals surface area contributed by atoms with E-state index in [1.54, 1.807) is 18.2 Å². The van der Waals surface area contributed by atoms with Gasteiger partial charge < -0.3 is 15.0 Å². The summed E-state index contributed by atoms with van der Waals surface area (Å²) in [6, 6.07) is 10.1. The zero-order valence-corrected chi connectivity index (χ0v) is 20.6. The van der Waals surface area contributed by atoms with E-state index in [2.05, 4.69) is 20.0 Å². The van der Waals surface area contributed by atoms with Crippen molar-refractivity contribution in [2.45, 2.75) is 25.2 Å². The molecule has 3 aliphatic heterocycles. The molecule has 1 amide bonds. The van der Waals surface area contributed by atoms with Crippen LogP contribution >= 0.6 is 0 Å². The number of nitrogens with one attached hydrogen (secondary N) is 1. The van der Waals surface area contributed by atoms with Gasteiger partial charge in [-0.3, -0.25) is 14.6 Å². The van der Waals surface area contributed by atoms with Gasteiger partial charge in [0.1, 0.15) is 5.82 Å². The molecule has 0 radical (unpaired) electrons. The number of anilines is 1. The van der Waals surface area contributed by atoms with Crippen molar-refractivity contribution in [1.29, 1.82) is 0 Å². The van der Waals surface area contributed by atoms with Gasteiger partial charge in [0.2, 0.25) is 5.91 Å². The number of carbonyl (C=O) groups is 1. The van der Waals surface area contributed by atoms with Crippen LogP contribution in [0.4, 0.5) is 23.2 Å². The minimum absolute atomic E-state index is 0.130. The maximum absolute atomic E-state index is 13.4. The monoisotopic (exact) mass is 520 g/mol. The number of carbonyl (C=O) groups excluding carboxylic acids is 1. The molecule has 5 rings (SSSR count). The number of fused-ring (bicyclic) bond motifs is 3. The molecule has 2 saturated heterocycles. The van der Waals surface area contributed by atoms with Crippen molar-refractivity contribution in [1.82, 2.24) is 15.1 Å². The Morgan fingerprint density at radius 2 is 1.76 bits per heavy atom. The molecule has 2 fully saturated rings. The van der Waals surface area contributed by atoms with Crippen LogP contribution in [0.3, 0.4) is 0 Å². The average molecular weight is 521 g/mol. The van der Waals surface area contributed by atoms with Crippen LogP contribution in [0, 0.1) is 11.7 Å². The number of nitrogens with zero attached hydrogens (tertiary/aromatic N) is 3. The smallest absolute Gasteiger partial charge is 0.379 e. The predicted molar refractivity (Wildman–Crippen MR) is 132 cm³/mol. The lowest BCUT2D eigenvalue weighted by molar-refractivity contribution is -0.137. The molecule has 0 aliphatic carbocycles. The fraction of sp³-hybridized carbons (Fsp3) is 0.519. The van der Waals surface area contributed by atoms with Gasteiger partial charge in [0, 0.05) is 58.0 Å². The molecule has 2 atom stereocenters. The van der Waals surface area contributed by atoms with E-state index >= 15 is 0 Å². The Morgan fingerprint density at radius 3 is 2.49 bits per heavy atom. The van der Waals surface area contributed by atoms with E-state index < -0.39 is 17.7 Å². The minimum Gasteiger partial charge on any atom is -0.379 e. The number of amides is 1. The molecule has 2 aromatic rings. The summed E-state index contributed by atoms with van der Waals surface area (Å²) < 4.78 is 59.0. The third-order valence-corrected chi connectivity index (χ3v) is 7.61. The summed E-state index contributed by atoms with van der Waals surface area (Å²) in [5, 5.41) is 3.05. The summed E-state index contributed by atoms with van der Waals surface area (Å²) in [6.45, 7) is 6.70. The van der Waals surface area contributed by atoms with Gasteiger partial charge in [-0.2, -0.15) is 13.2 Å². The molecule has 0 saturated carbocycles. The summed E-state index contributed by atoms with van der Waals surface area (Å²) in [5.41, 5.74) is 1.63. The van der Waals surface area contributed by atoms with Gasteiger partial charge in [0.05, 0.1) is 30.7 Å². The molecule has 0 aromatic heterocycles. The number of hydrogen-bond acceptors (Lipinski definition) is 5. The zero-order chi connectivity index (χ0) is 26.0. The zero-order valence-electron chi connectivity index (χ0n) is 20.6. The molecule has 37 heavy (non-hydrogen) atoms. The van der Waals surface area contributed by atoms with Crippen LogP contribution in [0.25, 0.3) is 0 Å². The van der Waals surface area contributed by atoms with Gasteiger partial charge in [-0.1, -0.05) is 12.1 Å². The summed E-state index contributed by atoms with van der Waals surface area (Å²) in [6.07, 6.45) is -4.18. The first-order chi connectivity index (χ1) is 17.8. The molecule has 3 heterocycles.